The molecule has 0 aromatic carbocycles. The van der Waals surface area contributed by atoms with Gasteiger partial charge in [-0.15, -0.1) is 0 Å². The third-order valence-electron chi connectivity index (χ3n) is 1.64. The zero-order chi connectivity index (χ0) is 6.69. The van der Waals surface area contributed by atoms with Gasteiger partial charge in [0.2, 0.25) is 0 Å². The van der Waals surface area contributed by atoms with E-state index in [0.29, 0.717) is 13.2 Å². The van der Waals surface area contributed by atoms with Crippen LogP contribution in [0.2, 0.25) is 0 Å². The average molecular weight is 133 g/mol. The maximum Gasteiger partial charge on any atom is 0.119 e. The highest BCUT2D eigenvalue weighted by Crippen LogP contribution is 2.11. The van der Waals surface area contributed by atoms with Crippen LogP contribution in [0.1, 0.15) is 0 Å². The van der Waals surface area contributed by atoms with Crippen molar-refractivity contribution in [3.05, 3.63) is 0 Å². The molecule has 0 spiro atoms. The minimum atomic E-state index is -0.704. The molecule has 0 aromatic rings. The van der Waals surface area contributed by atoms with Crippen LogP contribution in [0.15, 0.2) is 0 Å². The molecule has 1 N–H and O–H groups in total. The number of alkyl halides is 1. The molecule has 0 saturated carbocycles. The lowest BCUT2D eigenvalue weighted by atomic mass is 10.1. The number of halogens is 1. The lowest BCUT2D eigenvalue weighted by molar-refractivity contribution is 0.124. The molecule has 9 heavy (non-hydrogen) atoms. The molecule has 0 radical (unpaired) electrons. The van der Waals surface area contributed by atoms with E-state index in [2.05, 4.69) is 5.32 Å². The van der Waals surface area contributed by atoms with E-state index in [-0.39, 0.29) is 5.92 Å². The fraction of sp³-hybridized carbons (Fsp3) is 1.00. The van der Waals surface area contributed by atoms with Crippen molar-refractivity contribution in [2.75, 3.05) is 26.8 Å². The summed E-state index contributed by atoms with van der Waals surface area (Å²) in [5.74, 6) is 0.0787. The van der Waals surface area contributed by atoms with Gasteiger partial charge in [-0.1, -0.05) is 0 Å². The maximum atomic E-state index is 12.6. The highest BCUT2D eigenvalue weighted by Gasteiger charge is 2.25. The van der Waals surface area contributed by atoms with Crippen molar-refractivity contribution in [2.24, 2.45) is 5.92 Å². The smallest absolute Gasteiger partial charge is 0.119 e. The molecule has 3 heteroatoms. The van der Waals surface area contributed by atoms with Gasteiger partial charge in [0, 0.05) is 26.1 Å². The summed E-state index contributed by atoms with van der Waals surface area (Å²) in [6, 6.07) is 0. The van der Waals surface area contributed by atoms with Gasteiger partial charge < -0.3 is 10.1 Å². The Morgan fingerprint density at radius 1 is 1.67 bits per heavy atom. The average Bonchev–Trinajstić information content (AvgIpc) is 2.18. The molecule has 0 amide bonds. The van der Waals surface area contributed by atoms with Gasteiger partial charge in [-0.25, -0.2) is 4.39 Å². The highest BCUT2D eigenvalue weighted by molar-refractivity contribution is 4.80. The van der Waals surface area contributed by atoms with E-state index >= 15 is 0 Å². The number of rotatable bonds is 2. The normalized spacial score (nSPS) is 35.3. The SMILES string of the molecule is COC[C@H]1CNC[C@H]1F. The Morgan fingerprint density at radius 2 is 2.44 bits per heavy atom. The monoisotopic (exact) mass is 133 g/mol. The second-order valence-electron chi connectivity index (χ2n) is 2.39. The van der Waals surface area contributed by atoms with E-state index in [9.17, 15) is 4.39 Å². The largest absolute Gasteiger partial charge is 0.384 e. The van der Waals surface area contributed by atoms with E-state index in [0.717, 1.165) is 6.54 Å². The third-order valence-corrected chi connectivity index (χ3v) is 1.64. The Kier molecular flexibility index (Phi) is 2.42. The molecule has 0 bridgehead atoms. The number of ether oxygens (including phenoxy) is 1. The Bertz CT molecular complexity index is 89.1. The molecule has 1 aliphatic heterocycles. The van der Waals surface area contributed by atoms with Gasteiger partial charge in [-0.2, -0.15) is 0 Å². The minimum Gasteiger partial charge on any atom is -0.384 e. The summed E-state index contributed by atoms with van der Waals surface area (Å²) >= 11 is 0. The van der Waals surface area contributed by atoms with E-state index in [1.165, 1.54) is 0 Å². The van der Waals surface area contributed by atoms with Gasteiger partial charge >= 0.3 is 0 Å². The molecule has 1 rings (SSSR count). The zero-order valence-electron chi connectivity index (χ0n) is 5.56. The van der Waals surface area contributed by atoms with Crippen LogP contribution >= 0.6 is 0 Å². The second kappa shape index (κ2) is 3.13. The quantitative estimate of drug-likeness (QED) is 0.580. The van der Waals surface area contributed by atoms with Crippen molar-refractivity contribution in [1.29, 1.82) is 0 Å². The second-order valence-corrected chi connectivity index (χ2v) is 2.39. The van der Waals surface area contributed by atoms with Crippen LogP contribution < -0.4 is 5.32 Å². The van der Waals surface area contributed by atoms with Gasteiger partial charge in [0.1, 0.15) is 6.17 Å². The highest BCUT2D eigenvalue weighted by atomic mass is 19.1. The molecule has 1 fully saturated rings. The fourth-order valence-electron chi connectivity index (χ4n) is 1.08. The Balaban J connectivity index is 2.22. The Morgan fingerprint density at radius 3 is 2.89 bits per heavy atom. The molecular weight excluding hydrogens is 121 g/mol. The molecule has 0 aliphatic carbocycles. The van der Waals surface area contributed by atoms with E-state index < -0.39 is 6.17 Å². The van der Waals surface area contributed by atoms with E-state index in [1.807, 2.05) is 0 Å². The van der Waals surface area contributed by atoms with Crippen LogP contribution in [-0.2, 0) is 4.74 Å². The van der Waals surface area contributed by atoms with Crippen LogP contribution in [0.3, 0.4) is 0 Å². The van der Waals surface area contributed by atoms with Crippen LogP contribution in [0.5, 0.6) is 0 Å². The summed E-state index contributed by atoms with van der Waals surface area (Å²) in [6.45, 7) is 1.79. The molecule has 54 valence electrons. The number of methoxy groups -OCH3 is 1. The van der Waals surface area contributed by atoms with Crippen molar-refractivity contribution in [3.8, 4) is 0 Å². The van der Waals surface area contributed by atoms with Crippen molar-refractivity contribution < 1.29 is 9.13 Å². The molecule has 2 nitrogen and oxygen atoms in total. The Labute approximate surface area is 54.4 Å². The third kappa shape index (κ3) is 1.63. The summed E-state index contributed by atoms with van der Waals surface area (Å²) in [7, 11) is 1.60. The topological polar surface area (TPSA) is 21.3 Å². The first kappa shape index (κ1) is 6.96. The lowest BCUT2D eigenvalue weighted by Crippen LogP contribution is -2.18. The lowest BCUT2D eigenvalue weighted by Gasteiger charge is -2.08. The fourth-order valence-corrected chi connectivity index (χ4v) is 1.08. The van der Waals surface area contributed by atoms with Gasteiger partial charge in [-0.3, -0.25) is 0 Å². The molecule has 0 unspecified atom stereocenters. The predicted octanol–water partition coefficient (Wildman–Crippen LogP) is 0.190. The Hall–Kier alpha value is -0.150. The molecule has 2 atom stereocenters. The first-order valence-electron chi connectivity index (χ1n) is 3.18. The van der Waals surface area contributed by atoms with Gasteiger partial charge in [0.25, 0.3) is 0 Å². The first-order chi connectivity index (χ1) is 4.34. The minimum absolute atomic E-state index is 0.0787. The van der Waals surface area contributed by atoms with Gasteiger partial charge in [-0.05, 0) is 0 Å². The standard InChI is InChI=1S/C6H12FNO/c1-9-4-5-2-8-3-6(5)7/h5-6,8H,2-4H2,1H3/t5-,6-/m1/s1. The van der Waals surface area contributed by atoms with Crippen molar-refractivity contribution in [3.63, 3.8) is 0 Å². The number of hydrogen-bond donors (Lipinski definition) is 1. The first-order valence-corrected chi connectivity index (χ1v) is 3.18. The molecule has 1 heterocycles. The van der Waals surface area contributed by atoms with Crippen LogP contribution in [0.4, 0.5) is 4.39 Å². The summed E-state index contributed by atoms with van der Waals surface area (Å²) in [4.78, 5) is 0. The molecule has 1 saturated heterocycles. The van der Waals surface area contributed by atoms with E-state index in [1.54, 1.807) is 7.11 Å². The number of hydrogen-bond acceptors (Lipinski definition) is 2. The van der Waals surface area contributed by atoms with Gasteiger partial charge in [0.15, 0.2) is 0 Å². The van der Waals surface area contributed by atoms with Crippen molar-refractivity contribution >= 4 is 0 Å². The van der Waals surface area contributed by atoms with Gasteiger partial charge in [0.05, 0.1) is 6.61 Å². The number of nitrogens with one attached hydrogen (secondary N) is 1. The van der Waals surface area contributed by atoms with Crippen LogP contribution in [0, 0.1) is 5.92 Å². The van der Waals surface area contributed by atoms with Crippen molar-refractivity contribution in [1.82, 2.24) is 5.32 Å². The zero-order valence-corrected chi connectivity index (χ0v) is 5.56. The molecule has 0 aromatic heterocycles. The summed E-state index contributed by atoms with van der Waals surface area (Å²) < 4.78 is 17.4. The van der Waals surface area contributed by atoms with Crippen LogP contribution in [-0.4, -0.2) is 33.0 Å². The van der Waals surface area contributed by atoms with Crippen molar-refractivity contribution in [2.45, 2.75) is 6.17 Å². The molecule has 1 aliphatic rings. The van der Waals surface area contributed by atoms with Crippen LogP contribution in [0.25, 0.3) is 0 Å². The summed E-state index contributed by atoms with van der Waals surface area (Å²) in [5, 5.41) is 2.95. The predicted molar refractivity (Wildman–Crippen MR) is 33.1 cm³/mol. The van der Waals surface area contributed by atoms with E-state index in [4.69, 9.17) is 4.74 Å². The maximum absolute atomic E-state index is 12.6. The molecular formula is C6H12FNO. The summed E-state index contributed by atoms with van der Waals surface area (Å²) in [6.07, 6.45) is -0.704. The summed E-state index contributed by atoms with van der Waals surface area (Å²) in [5.41, 5.74) is 0.